The Morgan fingerprint density at radius 3 is 2.69 bits per heavy atom. The van der Waals surface area contributed by atoms with Crippen LogP contribution >= 0.6 is 0 Å². The largest absolute Gasteiger partial charge is 0.481 e. The summed E-state index contributed by atoms with van der Waals surface area (Å²) in [6.07, 6.45) is 0.533. The molecule has 0 fully saturated rings. The highest BCUT2D eigenvalue weighted by Gasteiger charge is 2.22. The van der Waals surface area contributed by atoms with E-state index in [1.807, 2.05) is 48.5 Å². The lowest BCUT2D eigenvalue weighted by Gasteiger charge is -2.28. The number of rotatable bonds is 6. The summed E-state index contributed by atoms with van der Waals surface area (Å²) in [6.45, 7) is 1.80. The van der Waals surface area contributed by atoms with Gasteiger partial charge in [0.15, 0.2) is 0 Å². The molecule has 0 aliphatic carbocycles. The number of anilines is 1. The molecule has 3 rings (SSSR count). The zero-order valence-electron chi connectivity index (χ0n) is 14.5. The van der Waals surface area contributed by atoms with Gasteiger partial charge in [0.1, 0.15) is 6.61 Å². The molecule has 2 aromatic rings. The molecule has 26 heavy (non-hydrogen) atoms. The number of aliphatic carboxylic acids is 1. The standard InChI is InChI=1S/C20H22N2O4/c23-19(24)8-10-21-18-7-6-17-13-22(11-9-16(17)12-18)20(25)26-14-15-4-2-1-3-5-15/h1-7,12,21H,8-11,13-14H2,(H,23,24). The quantitative estimate of drug-likeness (QED) is 0.832. The Bertz CT molecular complexity index is 777. The van der Waals surface area contributed by atoms with Gasteiger partial charge in [-0.05, 0) is 35.2 Å². The summed E-state index contributed by atoms with van der Waals surface area (Å²) in [4.78, 5) is 24.6. The van der Waals surface area contributed by atoms with Gasteiger partial charge in [0.2, 0.25) is 0 Å². The summed E-state index contributed by atoms with van der Waals surface area (Å²) in [5, 5.41) is 11.8. The second-order valence-corrected chi connectivity index (χ2v) is 6.27. The fraction of sp³-hybridized carbons (Fsp3) is 0.300. The van der Waals surface area contributed by atoms with Crippen molar-refractivity contribution < 1.29 is 19.4 Å². The highest BCUT2D eigenvalue weighted by atomic mass is 16.6. The SMILES string of the molecule is O=C(O)CCNc1ccc2c(c1)CCN(C(=O)OCc1ccccc1)C2. The average molecular weight is 354 g/mol. The third-order valence-corrected chi connectivity index (χ3v) is 4.35. The van der Waals surface area contributed by atoms with Crippen LogP contribution in [0.2, 0.25) is 0 Å². The lowest BCUT2D eigenvalue weighted by atomic mass is 9.99. The molecule has 0 unspecified atom stereocenters. The van der Waals surface area contributed by atoms with Crippen LogP contribution in [0.3, 0.4) is 0 Å². The van der Waals surface area contributed by atoms with Crippen molar-refractivity contribution in [3.63, 3.8) is 0 Å². The van der Waals surface area contributed by atoms with E-state index >= 15 is 0 Å². The second kappa shape index (κ2) is 8.38. The normalized spacial score (nSPS) is 13.0. The van der Waals surface area contributed by atoms with E-state index in [4.69, 9.17) is 9.84 Å². The maximum absolute atomic E-state index is 12.3. The molecular formula is C20H22N2O4. The number of amides is 1. The maximum Gasteiger partial charge on any atom is 0.410 e. The van der Waals surface area contributed by atoms with Gasteiger partial charge in [-0.3, -0.25) is 4.79 Å². The minimum Gasteiger partial charge on any atom is -0.481 e. The molecule has 2 aromatic carbocycles. The van der Waals surface area contributed by atoms with Gasteiger partial charge in [-0.1, -0.05) is 36.4 Å². The molecule has 2 N–H and O–H groups in total. The Balaban J connectivity index is 1.54. The van der Waals surface area contributed by atoms with Crippen molar-refractivity contribution >= 4 is 17.7 Å². The van der Waals surface area contributed by atoms with Gasteiger partial charge < -0.3 is 20.1 Å². The summed E-state index contributed by atoms with van der Waals surface area (Å²) < 4.78 is 5.40. The smallest absolute Gasteiger partial charge is 0.410 e. The first-order valence-corrected chi connectivity index (χ1v) is 8.65. The predicted octanol–water partition coefficient (Wildman–Crippen LogP) is 3.27. The molecule has 0 saturated heterocycles. The zero-order chi connectivity index (χ0) is 18.4. The number of carboxylic acids is 1. The van der Waals surface area contributed by atoms with E-state index in [1.54, 1.807) is 4.90 Å². The molecule has 1 heterocycles. The fourth-order valence-electron chi connectivity index (χ4n) is 2.94. The van der Waals surface area contributed by atoms with Crippen molar-refractivity contribution in [2.45, 2.75) is 26.0 Å². The third-order valence-electron chi connectivity index (χ3n) is 4.35. The van der Waals surface area contributed by atoms with Crippen molar-refractivity contribution in [2.24, 2.45) is 0 Å². The summed E-state index contributed by atoms with van der Waals surface area (Å²) in [6, 6.07) is 15.6. The van der Waals surface area contributed by atoms with Gasteiger partial charge in [-0.15, -0.1) is 0 Å². The van der Waals surface area contributed by atoms with E-state index in [1.165, 1.54) is 5.56 Å². The number of nitrogens with one attached hydrogen (secondary N) is 1. The molecule has 0 bridgehead atoms. The minimum atomic E-state index is -0.819. The Morgan fingerprint density at radius 1 is 1.12 bits per heavy atom. The summed E-state index contributed by atoms with van der Waals surface area (Å²) in [7, 11) is 0. The van der Waals surface area contributed by atoms with E-state index in [9.17, 15) is 9.59 Å². The Labute approximate surface area is 152 Å². The van der Waals surface area contributed by atoms with Crippen LogP contribution in [0.25, 0.3) is 0 Å². The van der Waals surface area contributed by atoms with Gasteiger partial charge in [-0.2, -0.15) is 0 Å². The van der Waals surface area contributed by atoms with E-state index in [0.29, 0.717) is 19.6 Å². The van der Waals surface area contributed by atoms with Gasteiger partial charge >= 0.3 is 12.1 Å². The van der Waals surface area contributed by atoms with Crippen molar-refractivity contribution in [3.8, 4) is 0 Å². The lowest BCUT2D eigenvalue weighted by Crippen LogP contribution is -2.36. The average Bonchev–Trinajstić information content (AvgIpc) is 2.66. The van der Waals surface area contributed by atoms with Crippen LogP contribution in [-0.4, -0.2) is 35.2 Å². The highest BCUT2D eigenvalue weighted by molar-refractivity contribution is 5.69. The topological polar surface area (TPSA) is 78.9 Å². The summed E-state index contributed by atoms with van der Waals surface area (Å²) in [5.41, 5.74) is 4.15. The Morgan fingerprint density at radius 2 is 1.92 bits per heavy atom. The van der Waals surface area contributed by atoms with Crippen LogP contribution < -0.4 is 5.32 Å². The molecule has 0 atom stereocenters. The van der Waals surface area contributed by atoms with Crippen LogP contribution in [0.5, 0.6) is 0 Å². The number of carbonyl (C=O) groups is 2. The number of carbonyl (C=O) groups excluding carboxylic acids is 1. The van der Waals surface area contributed by atoms with Gasteiger partial charge in [-0.25, -0.2) is 4.79 Å². The molecular weight excluding hydrogens is 332 g/mol. The number of benzene rings is 2. The lowest BCUT2D eigenvalue weighted by molar-refractivity contribution is -0.136. The van der Waals surface area contributed by atoms with E-state index in [-0.39, 0.29) is 19.1 Å². The zero-order valence-corrected chi connectivity index (χ0v) is 14.5. The monoisotopic (exact) mass is 354 g/mol. The first-order chi connectivity index (χ1) is 12.6. The predicted molar refractivity (Wildman–Crippen MR) is 97.9 cm³/mol. The van der Waals surface area contributed by atoms with Crippen molar-refractivity contribution in [3.05, 3.63) is 65.2 Å². The molecule has 1 aliphatic heterocycles. The molecule has 136 valence electrons. The van der Waals surface area contributed by atoms with Crippen molar-refractivity contribution in [2.75, 3.05) is 18.4 Å². The fourth-order valence-corrected chi connectivity index (χ4v) is 2.94. The molecule has 1 amide bonds. The van der Waals surface area contributed by atoms with E-state index < -0.39 is 5.97 Å². The summed E-state index contributed by atoms with van der Waals surface area (Å²) in [5.74, 6) is -0.819. The van der Waals surface area contributed by atoms with Gasteiger partial charge in [0.25, 0.3) is 0 Å². The third kappa shape index (κ3) is 4.75. The first kappa shape index (κ1) is 17.8. The molecule has 6 heteroatoms. The number of hydrogen-bond acceptors (Lipinski definition) is 4. The molecule has 6 nitrogen and oxygen atoms in total. The van der Waals surface area contributed by atoms with Crippen LogP contribution in [0.1, 0.15) is 23.1 Å². The maximum atomic E-state index is 12.3. The number of nitrogens with zero attached hydrogens (tertiary/aromatic N) is 1. The molecule has 0 radical (unpaired) electrons. The second-order valence-electron chi connectivity index (χ2n) is 6.27. The van der Waals surface area contributed by atoms with Gasteiger partial charge in [0, 0.05) is 25.3 Å². The highest BCUT2D eigenvalue weighted by Crippen LogP contribution is 2.23. The molecule has 0 spiro atoms. The minimum absolute atomic E-state index is 0.0815. The number of hydrogen-bond donors (Lipinski definition) is 2. The number of carboxylic acid groups (broad SMARTS) is 1. The Hall–Kier alpha value is -3.02. The van der Waals surface area contributed by atoms with Crippen LogP contribution in [0.15, 0.2) is 48.5 Å². The van der Waals surface area contributed by atoms with E-state index in [0.717, 1.165) is 23.2 Å². The van der Waals surface area contributed by atoms with E-state index in [2.05, 4.69) is 5.32 Å². The van der Waals surface area contributed by atoms with Gasteiger partial charge in [0.05, 0.1) is 6.42 Å². The molecule has 0 aromatic heterocycles. The number of fused-ring (bicyclic) bond motifs is 1. The number of ether oxygens (including phenoxy) is 1. The summed E-state index contributed by atoms with van der Waals surface area (Å²) >= 11 is 0. The first-order valence-electron chi connectivity index (χ1n) is 8.65. The Kier molecular flexibility index (Phi) is 5.73. The van der Waals surface area contributed by atoms with Crippen LogP contribution in [0, 0.1) is 0 Å². The van der Waals surface area contributed by atoms with Crippen LogP contribution in [0.4, 0.5) is 10.5 Å². The van der Waals surface area contributed by atoms with Crippen molar-refractivity contribution in [1.29, 1.82) is 0 Å². The van der Waals surface area contributed by atoms with Crippen molar-refractivity contribution in [1.82, 2.24) is 4.90 Å². The molecule has 1 aliphatic rings. The molecule has 0 saturated carbocycles. The van der Waals surface area contributed by atoms with Crippen LogP contribution in [-0.2, 0) is 29.1 Å².